The van der Waals surface area contributed by atoms with E-state index in [0.717, 1.165) is 36.0 Å². The van der Waals surface area contributed by atoms with Crippen molar-refractivity contribution in [2.24, 2.45) is 4.40 Å². The van der Waals surface area contributed by atoms with Gasteiger partial charge in [0.15, 0.2) is 5.17 Å². The van der Waals surface area contributed by atoms with Crippen molar-refractivity contribution < 1.29 is 22.7 Å². The molecule has 0 aliphatic carbocycles. The smallest absolute Gasteiger partial charge is 0.284 e. The summed E-state index contributed by atoms with van der Waals surface area (Å²) >= 11 is 1.12. The van der Waals surface area contributed by atoms with Crippen LogP contribution < -0.4 is 9.64 Å². The van der Waals surface area contributed by atoms with Gasteiger partial charge in [0.25, 0.3) is 10.0 Å². The number of sulfonamides is 1. The molecule has 2 aromatic carbocycles. The van der Waals surface area contributed by atoms with Crippen molar-refractivity contribution in [3.8, 4) is 5.75 Å². The fourth-order valence-corrected chi connectivity index (χ4v) is 4.49. The first kappa shape index (κ1) is 17.7. The molecule has 1 aliphatic heterocycles. The maximum atomic E-state index is 13.0. The summed E-state index contributed by atoms with van der Waals surface area (Å²) in [7, 11) is -2.51. The number of methoxy groups -OCH3 is 1. The molecule has 0 spiro atoms. The molecule has 0 amide bonds. The Morgan fingerprint density at radius 3 is 2.68 bits per heavy atom. The van der Waals surface area contributed by atoms with Crippen LogP contribution in [0.25, 0.3) is 0 Å². The van der Waals surface area contributed by atoms with Crippen molar-refractivity contribution in [3.63, 3.8) is 0 Å². The summed E-state index contributed by atoms with van der Waals surface area (Å²) in [5, 5.41) is 10.4. The van der Waals surface area contributed by atoms with Gasteiger partial charge in [0, 0.05) is 17.5 Å². The van der Waals surface area contributed by atoms with Crippen LogP contribution in [0, 0.1) is 5.82 Å². The van der Waals surface area contributed by atoms with Gasteiger partial charge in [-0.15, -0.1) is 4.40 Å². The number of benzene rings is 2. The molecule has 0 radical (unpaired) electrons. The van der Waals surface area contributed by atoms with E-state index in [1.165, 1.54) is 12.0 Å². The molecule has 132 valence electrons. The second-order valence-electron chi connectivity index (χ2n) is 5.17. The molecule has 1 heterocycles. The second-order valence-corrected chi connectivity index (χ2v) is 7.76. The average molecular weight is 382 g/mol. The first-order valence-electron chi connectivity index (χ1n) is 7.25. The zero-order valence-electron chi connectivity index (χ0n) is 13.2. The van der Waals surface area contributed by atoms with Gasteiger partial charge in [-0.25, -0.2) is 4.39 Å². The molecule has 9 heteroatoms. The zero-order valence-corrected chi connectivity index (χ0v) is 14.8. The van der Waals surface area contributed by atoms with E-state index in [2.05, 4.69) is 4.40 Å². The van der Waals surface area contributed by atoms with Crippen LogP contribution in [0.4, 0.5) is 10.1 Å². The van der Waals surface area contributed by atoms with Crippen molar-refractivity contribution in [1.29, 1.82) is 0 Å². The average Bonchev–Trinajstić information content (AvgIpc) is 2.95. The maximum Gasteiger partial charge on any atom is 0.284 e. The van der Waals surface area contributed by atoms with E-state index < -0.39 is 22.1 Å². The van der Waals surface area contributed by atoms with Crippen molar-refractivity contribution in [1.82, 2.24) is 0 Å². The minimum atomic E-state index is -4.02. The molecule has 25 heavy (non-hydrogen) atoms. The SMILES string of the molecule is COc1cccc(N2/C(=N\S(=O)(=O)c3ccc(F)cc3)SCC2O)c1. The monoisotopic (exact) mass is 382 g/mol. The Morgan fingerprint density at radius 2 is 2.00 bits per heavy atom. The van der Waals surface area contributed by atoms with Crippen molar-refractivity contribution in [2.45, 2.75) is 11.1 Å². The summed E-state index contributed by atoms with van der Waals surface area (Å²) in [4.78, 5) is 1.31. The van der Waals surface area contributed by atoms with Crippen molar-refractivity contribution in [3.05, 3.63) is 54.3 Å². The molecule has 1 aliphatic rings. The van der Waals surface area contributed by atoms with E-state index in [1.807, 2.05) is 0 Å². The summed E-state index contributed by atoms with van der Waals surface area (Å²) in [6.07, 6.45) is -0.917. The molecule has 0 saturated carbocycles. The molecule has 1 unspecified atom stereocenters. The first-order chi connectivity index (χ1) is 11.9. The van der Waals surface area contributed by atoms with Gasteiger partial charge in [-0.05, 0) is 36.4 Å². The Kier molecular flexibility index (Phi) is 4.98. The number of anilines is 1. The Labute approximate surface area is 149 Å². The van der Waals surface area contributed by atoms with Gasteiger partial charge in [0.2, 0.25) is 0 Å². The second kappa shape index (κ2) is 7.03. The number of ether oxygens (including phenoxy) is 1. The highest BCUT2D eigenvalue weighted by atomic mass is 32.2. The number of rotatable bonds is 4. The quantitative estimate of drug-likeness (QED) is 0.875. The van der Waals surface area contributed by atoms with Crippen LogP contribution in [0.15, 0.2) is 57.8 Å². The molecule has 0 aromatic heterocycles. The van der Waals surface area contributed by atoms with E-state index in [0.29, 0.717) is 11.4 Å². The molecule has 2 aromatic rings. The number of nitrogens with zero attached hydrogens (tertiary/aromatic N) is 2. The lowest BCUT2D eigenvalue weighted by atomic mass is 10.2. The van der Waals surface area contributed by atoms with Gasteiger partial charge < -0.3 is 9.84 Å². The number of aliphatic hydroxyl groups excluding tert-OH is 1. The van der Waals surface area contributed by atoms with E-state index >= 15 is 0 Å². The number of hydrogen-bond acceptors (Lipinski definition) is 5. The number of thioether (sulfide) groups is 1. The summed E-state index contributed by atoms with van der Waals surface area (Å²) in [6.45, 7) is 0. The summed E-state index contributed by atoms with van der Waals surface area (Å²) in [5.41, 5.74) is 0.560. The minimum Gasteiger partial charge on any atom is -0.497 e. The van der Waals surface area contributed by atoms with Crippen LogP contribution in [0.3, 0.4) is 0 Å². The van der Waals surface area contributed by atoms with Crippen LogP contribution in [-0.2, 0) is 10.0 Å². The Balaban J connectivity index is 1.99. The van der Waals surface area contributed by atoms with Crippen LogP contribution in [0.1, 0.15) is 0 Å². The van der Waals surface area contributed by atoms with Crippen LogP contribution in [0.5, 0.6) is 5.75 Å². The van der Waals surface area contributed by atoms with Crippen LogP contribution in [0.2, 0.25) is 0 Å². The Bertz CT molecular complexity index is 901. The lowest BCUT2D eigenvalue weighted by Crippen LogP contribution is -2.34. The topological polar surface area (TPSA) is 79.2 Å². The number of aliphatic hydroxyl groups is 1. The molecular weight excluding hydrogens is 367 g/mol. The van der Waals surface area contributed by atoms with Crippen molar-refractivity contribution in [2.75, 3.05) is 17.8 Å². The predicted molar refractivity (Wildman–Crippen MR) is 95.0 cm³/mol. The molecular formula is C16H15FN2O4S2. The van der Waals surface area contributed by atoms with E-state index in [9.17, 15) is 17.9 Å². The van der Waals surface area contributed by atoms with E-state index in [4.69, 9.17) is 4.74 Å². The third-order valence-electron chi connectivity index (χ3n) is 3.51. The lowest BCUT2D eigenvalue weighted by molar-refractivity contribution is 0.213. The van der Waals surface area contributed by atoms with Crippen LogP contribution >= 0.6 is 11.8 Å². The van der Waals surface area contributed by atoms with E-state index in [-0.39, 0.29) is 15.8 Å². The highest BCUT2D eigenvalue weighted by Gasteiger charge is 2.32. The molecule has 3 rings (SSSR count). The molecule has 0 bridgehead atoms. The first-order valence-corrected chi connectivity index (χ1v) is 9.68. The normalized spacial score (nSPS) is 19.4. The Hall–Kier alpha value is -2.10. The maximum absolute atomic E-state index is 13.0. The molecule has 1 atom stereocenters. The van der Waals surface area contributed by atoms with Crippen molar-refractivity contribution >= 4 is 32.6 Å². The highest BCUT2D eigenvalue weighted by molar-refractivity contribution is 8.15. The lowest BCUT2D eigenvalue weighted by Gasteiger charge is -2.22. The van der Waals surface area contributed by atoms with E-state index in [1.54, 1.807) is 24.3 Å². The number of amidine groups is 1. The predicted octanol–water partition coefficient (Wildman–Crippen LogP) is 2.45. The fraction of sp³-hybridized carbons (Fsp3) is 0.188. The number of halogens is 1. The third kappa shape index (κ3) is 3.78. The van der Waals surface area contributed by atoms with Gasteiger partial charge in [-0.3, -0.25) is 4.90 Å². The van der Waals surface area contributed by atoms with Gasteiger partial charge in [0.1, 0.15) is 17.8 Å². The Morgan fingerprint density at radius 1 is 1.28 bits per heavy atom. The summed E-state index contributed by atoms with van der Waals surface area (Å²) in [6, 6.07) is 11.3. The molecule has 1 fully saturated rings. The third-order valence-corrected chi connectivity index (χ3v) is 5.91. The molecule has 6 nitrogen and oxygen atoms in total. The summed E-state index contributed by atoms with van der Waals surface area (Å²) in [5.74, 6) is 0.312. The molecule has 1 N–H and O–H groups in total. The molecule has 1 saturated heterocycles. The van der Waals surface area contributed by atoms with Gasteiger partial charge in [0.05, 0.1) is 12.0 Å². The summed E-state index contributed by atoms with van der Waals surface area (Å²) < 4.78 is 46.9. The largest absolute Gasteiger partial charge is 0.497 e. The standard InChI is InChI=1S/C16H15FN2O4S2/c1-23-13-4-2-3-12(9-13)19-15(20)10-24-16(19)18-25(21,22)14-7-5-11(17)6-8-14/h2-9,15,20H,10H2,1H3/b18-16+. The fourth-order valence-electron chi connectivity index (χ4n) is 2.30. The van der Waals surface area contributed by atoms with Crippen LogP contribution in [-0.4, -0.2) is 37.8 Å². The minimum absolute atomic E-state index is 0.117. The van der Waals surface area contributed by atoms with Gasteiger partial charge >= 0.3 is 0 Å². The zero-order chi connectivity index (χ0) is 18.0. The highest BCUT2D eigenvalue weighted by Crippen LogP contribution is 2.32. The van der Waals surface area contributed by atoms with Gasteiger partial charge in [-0.1, -0.05) is 17.8 Å². The van der Waals surface area contributed by atoms with Gasteiger partial charge in [-0.2, -0.15) is 8.42 Å². The number of hydrogen-bond donors (Lipinski definition) is 1.